The quantitative estimate of drug-likeness (QED) is 0.717. The van der Waals surface area contributed by atoms with Crippen molar-refractivity contribution in [3.63, 3.8) is 0 Å². The van der Waals surface area contributed by atoms with Crippen LogP contribution in [0.3, 0.4) is 0 Å². The number of ketones is 1. The second kappa shape index (κ2) is 3.51. The van der Waals surface area contributed by atoms with E-state index in [1.807, 2.05) is 0 Å². The summed E-state index contributed by atoms with van der Waals surface area (Å²) in [7, 11) is 3.47. The summed E-state index contributed by atoms with van der Waals surface area (Å²) < 4.78 is 3.15. The molecule has 0 aliphatic rings. The van der Waals surface area contributed by atoms with Crippen molar-refractivity contribution >= 4 is 17.4 Å². The van der Waals surface area contributed by atoms with E-state index in [2.05, 4.69) is 10.1 Å². The van der Waals surface area contributed by atoms with Crippen LogP contribution in [-0.2, 0) is 14.1 Å². The van der Waals surface area contributed by atoms with Gasteiger partial charge in [0, 0.05) is 20.3 Å². The molecule has 0 saturated carbocycles. The topological polar surface area (TPSA) is 52.7 Å². The van der Waals surface area contributed by atoms with Gasteiger partial charge in [-0.15, -0.1) is 0 Å². The van der Waals surface area contributed by atoms with E-state index in [-0.39, 0.29) is 5.78 Å². The number of aryl methyl sites for hydroxylation is 2. The molecule has 0 N–H and O–H groups in total. The minimum Gasteiger partial charge on any atom is -0.340 e. The molecule has 2 aromatic heterocycles. The molecule has 0 radical (unpaired) electrons. The summed E-state index contributed by atoms with van der Waals surface area (Å²) in [5.74, 6) is -0.222. The van der Waals surface area contributed by atoms with E-state index >= 15 is 0 Å². The van der Waals surface area contributed by atoms with Gasteiger partial charge < -0.3 is 4.57 Å². The van der Waals surface area contributed by atoms with Gasteiger partial charge in [-0.2, -0.15) is 5.10 Å². The highest BCUT2D eigenvalue weighted by atomic mass is 35.5. The molecule has 0 amide bonds. The Morgan fingerprint density at radius 2 is 2.20 bits per heavy atom. The molecule has 15 heavy (non-hydrogen) atoms. The zero-order valence-corrected chi connectivity index (χ0v) is 9.06. The van der Waals surface area contributed by atoms with Crippen LogP contribution in [-0.4, -0.2) is 25.1 Å². The van der Waals surface area contributed by atoms with Crippen molar-refractivity contribution in [1.29, 1.82) is 0 Å². The van der Waals surface area contributed by atoms with Crippen LogP contribution in [0.5, 0.6) is 0 Å². The molecular weight excluding hydrogens is 216 g/mol. The Morgan fingerprint density at radius 1 is 1.47 bits per heavy atom. The summed E-state index contributed by atoms with van der Waals surface area (Å²) >= 11 is 5.86. The van der Waals surface area contributed by atoms with Gasteiger partial charge in [-0.1, -0.05) is 11.6 Å². The maximum atomic E-state index is 11.9. The van der Waals surface area contributed by atoms with Crippen molar-refractivity contribution in [2.75, 3.05) is 0 Å². The van der Waals surface area contributed by atoms with Crippen LogP contribution < -0.4 is 0 Å². The average Bonchev–Trinajstić information content (AvgIpc) is 2.73. The molecule has 0 aliphatic heterocycles. The molecule has 6 heteroatoms. The highest BCUT2D eigenvalue weighted by Crippen LogP contribution is 2.17. The second-order valence-corrected chi connectivity index (χ2v) is 3.63. The van der Waals surface area contributed by atoms with Crippen molar-refractivity contribution in [2.45, 2.75) is 0 Å². The van der Waals surface area contributed by atoms with E-state index < -0.39 is 0 Å². The number of hydrogen-bond acceptors (Lipinski definition) is 3. The lowest BCUT2D eigenvalue weighted by atomic mass is 10.2. The zero-order chi connectivity index (χ0) is 11.0. The first kappa shape index (κ1) is 9.92. The average molecular weight is 225 g/mol. The molecule has 0 saturated heterocycles. The number of rotatable bonds is 2. The third-order valence-electron chi connectivity index (χ3n) is 2.05. The summed E-state index contributed by atoms with van der Waals surface area (Å²) in [5, 5.41) is 4.24. The Labute approximate surface area is 91.3 Å². The Balaban J connectivity index is 2.45. The van der Waals surface area contributed by atoms with Crippen molar-refractivity contribution in [2.24, 2.45) is 14.1 Å². The van der Waals surface area contributed by atoms with Gasteiger partial charge in [-0.3, -0.25) is 9.48 Å². The molecule has 0 unspecified atom stereocenters. The number of nitrogens with zero attached hydrogens (tertiary/aromatic N) is 4. The lowest BCUT2D eigenvalue weighted by Crippen LogP contribution is -2.09. The fraction of sp³-hybridized carbons (Fsp3) is 0.222. The minimum absolute atomic E-state index is 0.222. The van der Waals surface area contributed by atoms with Crippen LogP contribution in [0.2, 0.25) is 5.02 Å². The van der Waals surface area contributed by atoms with Crippen LogP contribution >= 0.6 is 11.6 Å². The van der Waals surface area contributed by atoms with Gasteiger partial charge in [0.05, 0.1) is 17.5 Å². The molecule has 0 atom stereocenters. The van der Waals surface area contributed by atoms with E-state index in [0.29, 0.717) is 16.4 Å². The van der Waals surface area contributed by atoms with Crippen molar-refractivity contribution < 1.29 is 4.79 Å². The number of imidazole rings is 1. The first-order valence-corrected chi connectivity index (χ1v) is 4.67. The van der Waals surface area contributed by atoms with Gasteiger partial charge in [-0.05, 0) is 0 Å². The largest absolute Gasteiger partial charge is 0.340 e. The molecule has 0 aromatic carbocycles. The first-order valence-electron chi connectivity index (χ1n) is 4.29. The fourth-order valence-corrected chi connectivity index (χ4v) is 1.57. The van der Waals surface area contributed by atoms with Crippen molar-refractivity contribution in [1.82, 2.24) is 19.3 Å². The van der Waals surface area contributed by atoms with Crippen LogP contribution in [0.25, 0.3) is 0 Å². The Bertz CT molecular complexity index is 494. The number of carbonyl (C=O) groups is 1. The molecule has 2 aromatic rings. The smallest absolute Gasteiger partial charge is 0.232 e. The number of aromatic nitrogens is 4. The zero-order valence-electron chi connectivity index (χ0n) is 8.31. The Hall–Kier alpha value is -1.62. The van der Waals surface area contributed by atoms with Crippen LogP contribution in [0, 0.1) is 0 Å². The van der Waals surface area contributed by atoms with Gasteiger partial charge in [0.25, 0.3) is 0 Å². The number of carbonyl (C=O) groups excluding carboxylic acids is 1. The van der Waals surface area contributed by atoms with Crippen LogP contribution in [0.1, 0.15) is 16.2 Å². The predicted octanol–water partition coefficient (Wildman–Crippen LogP) is 1.04. The molecule has 2 heterocycles. The second-order valence-electron chi connectivity index (χ2n) is 3.22. The van der Waals surface area contributed by atoms with Crippen molar-refractivity contribution in [3.05, 3.63) is 35.1 Å². The molecule has 0 spiro atoms. The van der Waals surface area contributed by atoms with Crippen molar-refractivity contribution in [3.8, 4) is 0 Å². The SMILES string of the molecule is Cn1cnc(C(=O)c2c(Cl)cnn2C)c1. The van der Waals surface area contributed by atoms with E-state index in [1.165, 1.54) is 10.9 Å². The van der Waals surface area contributed by atoms with Gasteiger partial charge in [-0.25, -0.2) is 4.98 Å². The molecular formula is C9H9ClN4O. The Morgan fingerprint density at radius 3 is 2.67 bits per heavy atom. The highest BCUT2D eigenvalue weighted by Gasteiger charge is 2.19. The third-order valence-corrected chi connectivity index (χ3v) is 2.32. The molecule has 2 rings (SSSR count). The van der Waals surface area contributed by atoms with E-state index in [1.54, 1.807) is 31.2 Å². The summed E-state index contributed by atoms with van der Waals surface area (Å²) in [6.07, 6.45) is 4.65. The number of hydrogen-bond donors (Lipinski definition) is 0. The van der Waals surface area contributed by atoms with Gasteiger partial charge in [0.1, 0.15) is 11.4 Å². The molecule has 78 valence electrons. The third kappa shape index (κ3) is 1.66. The lowest BCUT2D eigenvalue weighted by molar-refractivity contribution is 0.102. The first-order chi connectivity index (χ1) is 7.09. The molecule has 0 fully saturated rings. The molecule has 5 nitrogen and oxygen atoms in total. The highest BCUT2D eigenvalue weighted by molar-refractivity contribution is 6.34. The summed E-state index contributed by atoms with van der Waals surface area (Å²) in [6.45, 7) is 0. The van der Waals surface area contributed by atoms with Crippen LogP contribution in [0.15, 0.2) is 18.7 Å². The van der Waals surface area contributed by atoms with E-state index in [9.17, 15) is 4.79 Å². The van der Waals surface area contributed by atoms with E-state index in [4.69, 9.17) is 11.6 Å². The standard InChI is InChI=1S/C9H9ClN4O/c1-13-4-7(11-5-13)9(15)8-6(10)3-12-14(8)2/h3-5H,1-2H3. The van der Waals surface area contributed by atoms with Gasteiger partial charge >= 0.3 is 0 Å². The summed E-state index contributed by atoms with van der Waals surface area (Å²) in [4.78, 5) is 15.9. The Kier molecular flexibility index (Phi) is 2.32. The predicted molar refractivity (Wildman–Crippen MR) is 54.9 cm³/mol. The van der Waals surface area contributed by atoms with Gasteiger partial charge in [0.2, 0.25) is 5.78 Å². The summed E-state index contributed by atoms with van der Waals surface area (Å²) in [5.41, 5.74) is 0.721. The maximum absolute atomic E-state index is 11.9. The fourth-order valence-electron chi connectivity index (χ4n) is 1.32. The normalized spacial score (nSPS) is 10.6. The summed E-state index contributed by atoms with van der Waals surface area (Å²) in [6, 6.07) is 0. The maximum Gasteiger partial charge on any atom is 0.232 e. The van der Waals surface area contributed by atoms with Crippen LogP contribution in [0.4, 0.5) is 0 Å². The molecule has 0 aliphatic carbocycles. The van der Waals surface area contributed by atoms with E-state index in [0.717, 1.165) is 0 Å². The molecule has 0 bridgehead atoms. The monoisotopic (exact) mass is 224 g/mol. The minimum atomic E-state index is -0.222. The van der Waals surface area contributed by atoms with Gasteiger partial charge in [0.15, 0.2) is 0 Å². The number of halogens is 1. The lowest BCUT2D eigenvalue weighted by Gasteiger charge is -1.98.